The zero-order chi connectivity index (χ0) is 29.7. The molecule has 3 rings (SSSR count). The van der Waals surface area contributed by atoms with E-state index in [9.17, 15) is 9.59 Å². The summed E-state index contributed by atoms with van der Waals surface area (Å²) in [5, 5.41) is 0.0585. The van der Waals surface area contributed by atoms with Gasteiger partial charge in [-0.1, -0.05) is 40.7 Å². The Morgan fingerprint density at radius 3 is 2.10 bits per heavy atom. The molecule has 1 aliphatic heterocycles. The molecule has 0 N–H and O–H groups in total. The second-order valence-electron chi connectivity index (χ2n) is 13.7. The van der Waals surface area contributed by atoms with Crippen LogP contribution in [0.2, 0.25) is 18.1 Å². The lowest BCUT2D eigenvalue weighted by atomic mass is 9.69. The van der Waals surface area contributed by atoms with Gasteiger partial charge < -0.3 is 23.2 Å². The average Bonchev–Trinajstić information content (AvgIpc) is 3.04. The van der Waals surface area contributed by atoms with Crippen molar-refractivity contribution in [2.45, 2.75) is 97.6 Å². The van der Waals surface area contributed by atoms with Gasteiger partial charge >= 0.3 is 13.1 Å². The van der Waals surface area contributed by atoms with Gasteiger partial charge in [0.1, 0.15) is 11.3 Å². The van der Waals surface area contributed by atoms with Crippen LogP contribution in [-0.2, 0) is 23.3 Å². The molecular formula is C30H47BO7Si. The van der Waals surface area contributed by atoms with E-state index in [4.69, 9.17) is 23.2 Å². The average molecular weight is 559 g/mol. The molecule has 0 amide bonds. The second-order valence-corrected chi connectivity index (χ2v) is 18.5. The first kappa shape index (κ1) is 31.6. The predicted molar refractivity (Wildman–Crippen MR) is 157 cm³/mol. The van der Waals surface area contributed by atoms with E-state index in [1.54, 1.807) is 19.3 Å². The normalized spacial score (nSPS) is 21.5. The summed E-state index contributed by atoms with van der Waals surface area (Å²) < 4.78 is 30.1. The molecule has 0 radical (unpaired) electrons. The Labute approximate surface area is 236 Å². The zero-order valence-electron chi connectivity index (χ0n) is 26.1. The molecular weight excluding hydrogens is 511 g/mol. The number of fused-ring (bicyclic) bond motifs is 1. The van der Waals surface area contributed by atoms with E-state index in [2.05, 4.69) is 47.7 Å². The minimum atomic E-state index is -2.04. The Morgan fingerprint density at radius 2 is 1.64 bits per heavy atom. The number of rotatable bonds is 8. The highest BCUT2D eigenvalue weighted by atomic mass is 28.4. The number of hydrogen-bond acceptors (Lipinski definition) is 7. The van der Waals surface area contributed by atoms with Gasteiger partial charge in [0.2, 0.25) is 0 Å². The van der Waals surface area contributed by atoms with Gasteiger partial charge in [-0.05, 0) is 75.4 Å². The van der Waals surface area contributed by atoms with Crippen LogP contribution in [0.15, 0.2) is 23.8 Å². The number of carbonyl (C=O) groups excluding carboxylic acids is 2. The second kappa shape index (κ2) is 10.8. The molecule has 0 aromatic heterocycles. The number of carbonyl (C=O) groups is 2. The summed E-state index contributed by atoms with van der Waals surface area (Å²) in [6.07, 6.45) is 1.77. The minimum Gasteiger partial charge on any atom is -0.497 e. The summed E-state index contributed by atoms with van der Waals surface area (Å²) in [6.45, 7) is 23.9. The summed E-state index contributed by atoms with van der Waals surface area (Å²) in [5.41, 5.74) is 0.774. The number of ether oxygens (including phenoxy) is 2. The van der Waals surface area contributed by atoms with Crippen LogP contribution in [0.25, 0.3) is 0 Å². The zero-order valence-corrected chi connectivity index (χ0v) is 27.1. The fourth-order valence-electron chi connectivity index (χ4n) is 4.76. The van der Waals surface area contributed by atoms with Crippen molar-refractivity contribution >= 4 is 32.7 Å². The van der Waals surface area contributed by atoms with Crippen LogP contribution in [0.5, 0.6) is 5.75 Å². The summed E-state index contributed by atoms with van der Waals surface area (Å²) >= 11 is 0. The molecule has 1 saturated heterocycles. The standard InChI is InChI=1S/C30H47BO7Si/c1-18(2)23(17-36-39(12,13)28(3,4)5)19-14-22(27(33)35-11)26(32)21-15-24(25(34-10)16-20(19)21)31-37-29(6,7)30(8,9)38-31/h14-16,18-19,23H,17H2,1-13H3/t19?,23-/m1/s1. The van der Waals surface area contributed by atoms with E-state index in [1.165, 1.54) is 7.11 Å². The number of methoxy groups -OCH3 is 2. The lowest BCUT2D eigenvalue weighted by Crippen LogP contribution is -2.43. The minimum absolute atomic E-state index is 0.0121. The number of Topliss-reactive ketones (excluding diaryl/α,β-unsaturated/α-hetero) is 1. The van der Waals surface area contributed by atoms with Crippen LogP contribution in [0.4, 0.5) is 0 Å². The van der Waals surface area contributed by atoms with Crippen LogP contribution in [0, 0.1) is 11.8 Å². The summed E-state index contributed by atoms with van der Waals surface area (Å²) in [7, 11) is 0.138. The molecule has 2 atom stereocenters. The van der Waals surface area contributed by atoms with E-state index in [1.807, 2.05) is 33.8 Å². The molecule has 2 aliphatic rings. The first-order valence-electron chi connectivity index (χ1n) is 13.8. The maximum Gasteiger partial charge on any atom is 0.498 e. The van der Waals surface area contributed by atoms with Crippen LogP contribution in [-0.4, -0.2) is 59.2 Å². The maximum atomic E-state index is 13.7. The smallest absolute Gasteiger partial charge is 0.497 e. The van der Waals surface area contributed by atoms with Crippen molar-refractivity contribution in [3.8, 4) is 5.75 Å². The number of esters is 1. The number of hydrogen-bond donors (Lipinski definition) is 0. The Kier molecular flexibility index (Phi) is 8.75. The number of ketones is 1. The summed E-state index contributed by atoms with van der Waals surface area (Å²) in [4.78, 5) is 26.5. The van der Waals surface area contributed by atoms with Crippen molar-refractivity contribution in [2.75, 3.05) is 20.8 Å². The third-order valence-corrected chi connectivity index (χ3v) is 13.8. The highest BCUT2D eigenvalue weighted by Crippen LogP contribution is 2.44. The third-order valence-electron chi connectivity index (χ3n) is 9.27. The van der Waals surface area contributed by atoms with Gasteiger partial charge in [-0.25, -0.2) is 4.79 Å². The quantitative estimate of drug-likeness (QED) is 0.231. The van der Waals surface area contributed by atoms with Crippen molar-refractivity contribution in [2.24, 2.45) is 11.8 Å². The fraction of sp³-hybridized carbons (Fsp3) is 0.667. The fourth-order valence-corrected chi connectivity index (χ4v) is 5.80. The SMILES string of the molecule is COC(=O)C1=CC([C@H](CO[Si](C)(C)C(C)(C)C)C(C)C)c2cc(OC)c(B3OC(C)(C)C(C)(C)O3)cc2C1=O. The largest absolute Gasteiger partial charge is 0.498 e. The van der Waals surface area contributed by atoms with Crippen molar-refractivity contribution in [3.05, 3.63) is 34.9 Å². The van der Waals surface area contributed by atoms with E-state index in [-0.39, 0.29) is 34.1 Å². The van der Waals surface area contributed by atoms with E-state index in [0.717, 1.165) is 5.56 Å². The Morgan fingerprint density at radius 1 is 1.08 bits per heavy atom. The third kappa shape index (κ3) is 5.92. The van der Waals surface area contributed by atoms with Crippen molar-refractivity contribution in [1.82, 2.24) is 0 Å². The van der Waals surface area contributed by atoms with E-state index in [0.29, 0.717) is 23.4 Å². The monoisotopic (exact) mass is 558 g/mol. The molecule has 1 unspecified atom stereocenters. The lowest BCUT2D eigenvalue weighted by molar-refractivity contribution is -0.135. The molecule has 1 fully saturated rings. The van der Waals surface area contributed by atoms with Crippen molar-refractivity contribution in [3.63, 3.8) is 0 Å². The van der Waals surface area contributed by atoms with Gasteiger partial charge in [-0.2, -0.15) is 0 Å². The maximum absolute atomic E-state index is 13.7. The van der Waals surface area contributed by atoms with Crippen LogP contribution < -0.4 is 10.2 Å². The molecule has 216 valence electrons. The van der Waals surface area contributed by atoms with Crippen molar-refractivity contribution < 1.29 is 32.8 Å². The Hall–Kier alpha value is -1.94. The molecule has 1 aromatic rings. The Bertz CT molecular complexity index is 1130. The van der Waals surface area contributed by atoms with Crippen LogP contribution in [0.3, 0.4) is 0 Å². The van der Waals surface area contributed by atoms with Gasteiger partial charge in [-0.3, -0.25) is 4.79 Å². The highest BCUT2D eigenvalue weighted by Gasteiger charge is 2.53. The first-order chi connectivity index (χ1) is 17.8. The van der Waals surface area contributed by atoms with Crippen molar-refractivity contribution in [1.29, 1.82) is 0 Å². The molecule has 0 bridgehead atoms. The molecule has 7 nitrogen and oxygen atoms in total. The molecule has 9 heteroatoms. The van der Waals surface area contributed by atoms with Crippen LogP contribution >= 0.6 is 0 Å². The predicted octanol–water partition coefficient (Wildman–Crippen LogP) is 5.67. The van der Waals surface area contributed by atoms with Gasteiger partial charge in [0.15, 0.2) is 14.1 Å². The van der Waals surface area contributed by atoms with Gasteiger partial charge in [0.05, 0.1) is 25.4 Å². The molecule has 1 aliphatic carbocycles. The topological polar surface area (TPSA) is 80.3 Å². The summed E-state index contributed by atoms with van der Waals surface area (Å²) in [6, 6.07) is 3.68. The van der Waals surface area contributed by atoms with E-state index < -0.39 is 32.6 Å². The summed E-state index contributed by atoms with van der Waals surface area (Å²) in [5.74, 6) is -0.466. The molecule has 0 saturated carbocycles. The number of allylic oxidation sites excluding steroid dienone is 1. The molecule has 1 aromatic carbocycles. The lowest BCUT2D eigenvalue weighted by Gasteiger charge is -2.40. The number of benzene rings is 1. The Balaban J connectivity index is 2.15. The molecule has 39 heavy (non-hydrogen) atoms. The molecule has 1 heterocycles. The first-order valence-corrected chi connectivity index (χ1v) is 16.7. The highest BCUT2D eigenvalue weighted by molar-refractivity contribution is 6.74. The van der Waals surface area contributed by atoms with Gasteiger partial charge in [0, 0.05) is 23.6 Å². The molecule has 0 spiro atoms. The van der Waals surface area contributed by atoms with Gasteiger partial charge in [0.25, 0.3) is 0 Å². The van der Waals surface area contributed by atoms with Gasteiger partial charge in [-0.15, -0.1) is 0 Å². The van der Waals surface area contributed by atoms with E-state index >= 15 is 0 Å². The van der Waals surface area contributed by atoms with Crippen LogP contribution in [0.1, 0.15) is 84.2 Å².